The van der Waals surface area contributed by atoms with Gasteiger partial charge in [0.25, 0.3) is 0 Å². The van der Waals surface area contributed by atoms with Crippen molar-refractivity contribution in [3.8, 4) is 0 Å². The van der Waals surface area contributed by atoms with Crippen molar-refractivity contribution in [1.29, 1.82) is 0 Å². The maximum Gasteiger partial charge on any atom is 0.410 e. The summed E-state index contributed by atoms with van der Waals surface area (Å²) in [6.45, 7) is 8.20. The van der Waals surface area contributed by atoms with Gasteiger partial charge in [-0.05, 0) is 62.6 Å². The molecule has 6 nitrogen and oxygen atoms in total. The molecule has 2 amide bonds. The van der Waals surface area contributed by atoms with Crippen molar-refractivity contribution in [2.24, 2.45) is 0 Å². The van der Waals surface area contributed by atoms with Crippen molar-refractivity contribution < 1.29 is 19.4 Å². The van der Waals surface area contributed by atoms with Gasteiger partial charge in [-0.25, -0.2) is 9.59 Å². The highest BCUT2D eigenvalue weighted by Gasteiger charge is 2.34. The molecule has 8 heteroatoms. The minimum Gasteiger partial charge on any atom is -0.465 e. The Morgan fingerprint density at radius 2 is 1.41 bits per heavy atom. The monoisotopic (exact) mass is 508 g/mol. The predicted octanol–water partition coefficient (Wildman–Crippen LogP) is 7.47. The number of halogens is 2. The SMILES string of the molecule is CCCC[C@@H](COC(=O)N(Cc1ccc(Cl)cc1)Cc1ccc(Cl)cc1)N(C(=O)O)C(C)(C)C. The molecular weight excluding hydrogens is 475 g/mol. The van der Waals surface area contributed by atoms with E-state index in [1.54, 1.807) is 29.2 Å². The van der Waals surface area contributed by atoms with Crippen LogP contribution in [0.1, 0.15) is 58.1 Å². The van der Waals surface area contributed by atoms with E-state index < -0.39 is 23.8 Å². The summed E-state index contributed by atoms with van der Waals surface area (Å²) in [5, 5.41) is 11.1. The van der Waals surface area contributed by atoms with Crippen LogP contribution in [0, 0.1) is 0 Å². The number of amides is 2. The van der Waals surface area contributed by atoms with Gasteiger partial charge in [0.2, 0.25) is 0 Å². The lowest BCUT2D eigenvalue weighted by molar-refractivity contribution is 0.0242. The molecule has 0 radical (unpaired) electrons. The van der Waals surface area contributed by atoms with Gasteiger partial charge >= 0.3 is 12.2 Å². The van der Waals surface area contributed by atoms with Gasteiger partial charge in [0.05, 0.1) is 6.04 Å². The molecule has 0 fully saturated rings. The van der Waals surface area contributed by atoms with Crippen LogP contribution < -0.4 is 0 Å². The van der Waals surface area contributed by atoms with Crippen LogP contribution in [0.15, 0.2) is 48.5 Å². The smallest absolute Gasteiger partial charge is 0.410 e. The number of carboxylic acid groups (broad SMARTS) is 1. The minimum absolute atomic E-state index is 0.0138. The Hall–Kier alpha value is -2.44. The van der Waals surface area contributed by atoms with E-state index in [0.717, 1.165) is 24.0 Å². The van der Waals surface area contributed by atoms with Crippen LogP contribution in [0.5, 0.6) is 0 Å². The van der Waals surface area contributed by atoms with Crippen LogP contribution >= 0.6 is 23.2 Å². The molecule has 0 aliphatic rings. The van der Waals surface area contributed by atoms with Crippen molar-refractivity contribution in [2.45, 2.75) is 71.6 Å². The Labute approximate surface area is 212 Å². The summed E-state index contributed by atoms with van der Waals surface area (Å²) >= 11 is 12.0. The molecule has 0 aliphatic heterocycles. The van der Waals surface area contributed by atoms with E-state index in [9.17, 15) is 14.7 Å². The molecule has 1 atom stereocenters. The normalized spacial score (nSPS) is 12.2. The molecule has 0 aliphatic carbocycles. The first-order valence-corrected chi connectivity index (χ1v) is 12.2. The van der Waals surface area contributed by atoms with Gasteiger partial charge in [0.1, 0.15) is 6.61 Å². The van der Waals surface area contributed by atoms with Gasteiger partial charge in [-0.15, -0.1) is 0 Å². The number of benzene rings is 2. The summed E-state index contributed by atoms with van der Waals surface area (Å²) in [7, 11) is 0. The molecule has 0 saturated heterocycles. The molecule has 1 N–H and O–H groups in total. The van der Waals surface area contributed by atoms with Crippen LogP contribution in [0.25, 0.3) is 0 Å². The van der Waals surface area contributed by atoms with E-state index in [1.807, 2.05) is 52.0 Å². The number of carbonyl (C=O) groups is 2. The van der Waals surface area contributed by atoms with Crippen molar-refractivity contribution in [3.05, 3.63) is 69.7 Å². The lowest BCUT2D eigenvalue weighted by Crippen LogP contribution is -2.53. The highest BCUT2D eigenvalue weighted by Crippen LogP contribution is 2.22. The summed E-state index contributed by atoms with van der Waals surface area (Å²) in [5.74, 6) is 0. The van der Waals surface area contributed by atoms with Gasteiger partial charge in [0, 0.05) is 28.7 Å². The number of rotatable bonds is 10. The molecule has 2 rings (SSSR count). The fourth-order valence-electron chi connectivity index (χ4n) is 3.78. The van der Waals surface area contributed by atoms with Gasteiger partial charge in [-0.3, -0.25) is 9.80 Å². The van der Waals surface area contributed by atoms with Crippen molar-refractivity contribution in [1.82, 2.24) is 9.80 Å². The zero-order valence-electron chi connectivity index (χ0n) is 20.3. The third-order valence-electron chi connectivity index (χ3n) is 5.42. The summed E-state index contributed by atoms with van der Waals surface area (Å²) in [6.07, 6.45) is 0.833. The van der Waals surface area contributed by atoms with Crippen LogP contribution in [0.4, 0.5) is 9.59 Å². The first kappa shape index (κ1) is 27.8. The highest BCUT2D eigenvalue weighted by atomic mass is 35.5. The number of hydrogen-bond donors (Lipinski definition) is 1. The van der Waals surface area contributed by atoms with E-state index in [1.165, 1.54) is 4.90 Å². The maximum absolute atomic E-state index is 13.2. The summed E-state index contributed by atoms with van der Waals surface area (Å²) in [5.41, 5.74) is 1.18. The number of hydrogen-bond acceptors (Lipinski definition) is 3. The molecule has 0 saturated carbocycles. The van der Waals surface area contributed by atoms with E-state index in [-0.39, 0.29) is 6.61 Å². The van der Waals surface area contributed by atoms with Gasteiger partial charge in [-0.2, -0.15) is 0 Å². The zero-order valence-corrected chi connectivity index (χ0v) is 21.8. The predicted molar refractivity (Wildman–Crippen MR) is 136 cm³/mol. The first-order chi connectivity index (χ1) is 16.0. The number of ether oxygens (including phenoxy) is 1. The summed E-state index contributed by atoms with van der Waals surface area (Å²) < 4.78 is 5.71. The van der Waals surface area contributed by atoms with Crippen molar-refractivity contribution in [2.75, 3.05) is 6.61 Å². The van der Waals surface area contributed by atoms with E-state index in [4.69, 9.17) is 27.9 Å². The summed E-state index contributed by atoms with van der Waals surface area (Å²) in [6, 6.07) is 14.1. The van der Waals surface area contributed by atoms with E-state index >= 15 is 0 Å². The topological polar surface area (TPSA) is 70.1 Å². The van der Waals surface area contributed by atoms with Crippen LogP contribution in [0.2, 0.25) is 10.0 Å². The molecule has 0 heterocycles. The molecule has 186 valence electrons. The first-order valence-electron chi connectivity index (χ1n) is 11.4. The number of unbranched alkanes of at least 4 members (excludes halogenated alkanes) is 1. The second-order valence-electron chi connectivity index (χ2n) is 9.31. The fraction of sp³-hybridized carbons (Fsp3) is 0.462. The van der Waals surface area contributed by atoms with Gasteiger partial charge < -0.3 is 9.84 Å². The third-order valence-corrected chi connectivity index (χ3v) is 5.92. The van der Waals surface area contributed by atoms with Gasteiger partial charge in [-0.1, -0.05) is 67.2 Å². The fourth-order valence-corrected chi connectivity index (χ4v) is 4.03. The van der Waals surface area contributed by atoms with E-state index in [0.29, 0.717) is 29.6 Å². The second kappa shape index (κ2) is 12.9. The van der Waals surface area contributed by atoms with Crippen LogP contribution in [-0.2, 0) is 17.8 Å². The quantitative estimate of drug-likeness (QED) is 0.361. The Bertz CT molecular complexity index is 880. The lowest BCUT2D eigenvalue weighted by atomic mass is 10.0. The number of nitrogens with zero attached hydrogens (tertiary/aromatic N) is 2. The van der Waals surface area contributed by atoms with Crippen molar-refractivity contribution >= 4 is 35.4 Å². The molecule has 2 aromatic rings. The zero-order chi connectivity index (χ0) is 25.3. The Kier molecular flexibility index (Phi) is 10.5. The average Bonchev–Trinajstić information content (AvgIpc) is 2.76. The Morgan fingerprint density at radius 3 is 1.79 bits per heavy atom. The lowest BCUT2D eigenvalue weighted by Gasteiger charge is -2.39. The van der Waals surface area contributed by atoms with E-state index in [2.05, 4.69) is 0 Å². The molecular formula is C26H34Cl2N2O4. The molecule has 0 unspecified atom stereocenters. The average molecular weight is 509 g/mol. The minimum atomic E-state index is -1.02. The molecule has 0 aromatic heterocycles. The molecule has 34 heavy (non-hydrogen) atoms. The maximum atomic E-state index is 13.2. The Morgan fingerprint density at radius 1 is 0.941 bits per heavy atom. The summed E-state index contributed by atoms with van der Waals surface area (Å²) in [4.78, 5) is 28.2. The highest BCUT2D eigenvalue weighted by molar-refractivity contribution is 6.30. The molecule has 0 spiro atoms. The van der Waals surface area contributed by atoms with Crippen LogP contribution in [-0.4, -0.2) is 45.3 Å². The Balaban J connectivity index is 2.20. The third kappa shape index (κ3) is 8.73. The van der Waals surface area contributed by atoms with Gasteiger partial charge in [0.15, 0.2) is 0 Å². The molecule has 2 aromatic carbocycles. The standard InChI is InChI=1S/C26H34Cl2N2O4/c1-5-6-7-23(30(24(31)32)26(2,3)4)18-34-25(33)29(16-19-8-12-21(27)13-9-19)17-20-10-14-22(28)15-11-20/h8-15,23H,5-7,16-18H2,1-4H3,(H,31,32)/t23-/m0/s1. The van der Waals surface area contributed by atoms with Crippen molar-refractivity contribution in [3.63, 3.8) is 0 Å². The second-order valence-corrected chi connectivity index (χ2v) is 10.2. The molecule has 0 bridgehead atoms. The number of carbonyl (C=O) groups excluding carboxylic acids is 1. The van der Waals surface area contributed by atoms with Crippen LogP contribution in [0.3, 0.4) is 0 Å². The largest absolute Gasteiger partial charge is 0.465 e.